The van der Waals surface area contributed by atoms with E-state index in [9.17, 15) is 9.59 Å². The van der Waals surface area contributed by atoms with Crippen molar-refractivity contribution in [3.63, 3.8) is 0 Å². The number of rotatable bonds is 7. The zero-order chi connectivity index (χ0) is 17.2. The summed E-state index contributed by atoms with van der Waals surface area (Å²) >= 11 is 0. The molecule has 2 aliphatic carbocycles. The summed E-state index contributed by atoms with van der Waals surface area (Å²) in [5, 5.41) is 2.94. The summed E-state index contributed by atoms with van der Waals surface area (Å²) in [7, 11) is 0. The van der Waals surface area contributed by atoms with Crippen molar-refractivity contribution >= 4 is 23.2 Å². The zero-order valence-electron chi connectivity index (χ0n) is 14.7. The number of nitrogens with one attached hydrogen (secondary N) is 1. The van der Waals surface area contributed by atoms with Crippen LogP contribution in [0.3, 0.4) is 0 Å². The summed E-state index contributed by atoms with van der Waals surface area (Å²) in [5.74, 6) is 1.40. The zero-order valence-corrected chi connectivity index (χ0v) is 14.7. The molecule has 2 amide bonds. The number of hydrogen-bond acceptors (Lipinski definition) is 3. The van der Waals surface area contributed by atoms with Crippen LogP contribution in [-0.2, 0) is 9.59 Å². The van der Waals surface area contributed by atoms with Crippen LogP contribution < -0.4 is 15.1 Å². The topological polar surface area (TPSA) is 52.7 Å². The van der Waals surface area contributed by atoms with Gasteiger partial charge in [0, 0.05) is 38.5 Å². The highest BCUT2D eigenvalue weighted by Gasteiger charge is 2.31. The molecule has 0 aromatic heterocycles. The van der Waals surface area contributed by atoms with Crippen molar-refractivity contribution in [3.05, 3.63) is 24.3 Å². The number of hydrogen-bond donors (Lipinski definition) is 1. The Balaban J connectivity index is 1.32. The Morgan fingerprint density at radius 3 is 2.52 bits per heavy atom. The second-order valence-electron chi connectivity index (χ2n) is 7.59. The van der Waals surface area contributed by atoms with Gasteiger partial charge in [-0.05, 0) is 50.2 Å². The van der Waals surface area contributed by atoms with Crippen LogP contribution in [0.15, 0.2) is 24.3 Å². The number of carbonyl (C=O) groups is 2. The Labute approximate surface area is 149 Å². The molecule has 0 unspecified atom stereocenters. The van der Waals surface area contributed by atoms with Crippen LogP contribution in [0, 0.1) is 11.8 Å². The van der Waals surface area contributed by atoms with E-state index in [-0.39, 0.29) is 17.7 Å². The van der Waals surface area contributed by atoms with E-state index in [2.05, 4.69) is 28.4 Å². The summed E-state index contributed by atoms with van der Waals surface area (Å²) in [5.41, 5.74) is 2.23. The fraction of sp³-hybridized carbons (Fsp3) is 0.600. The first kappa shape index (κ1) is 16.4. The first-order chi connectivity index (χ1) is 12.2. The monoisotopic (exact) mass is 341 g/mol. The molecule has 1 N–H and O–H groups in total. The molecule has 0 spiro atoms. The molecule has 2 saturated carbocycles. The standard InChI is InChI=1S/C20H27N3O2/c24-19(6-3-11-21-20(25)16-9-10-16)23-13-12-22(14-15-7-8-15)17-4-1-2-5-18(17)23/h1-2,4-5,15-16H,3,6-14H2,(H,21,25). The Morgan fingerprint density at radius 1 is 1.04 bits per heavy atom. The van der Waals surface area contributed by atoms with Crippen molar-refractivity contribution in [1.82, 2.24) is 5.32 Å². The minimum atomic E-state index is 0.159. The number of anilines is 2. The van der Waals surface area contributed by atoms with Crippen LogP contribution in [0.5, 0.6) is 0 Å². The quantitative estimate of drug-likeness (QED) is 0.776. The minimum absolute atomic E-state index is 0.159. The van der Waals surface area contributed by atoms with Crippen molar-refractivity contribution in [2.75, 3.05) is 36.0 Å². The number of para-hydroxylation sites is 2. The van der Waals surface area contributed by atoms with E-state index in [1.54, 1.807) is 0 Å². The SMILES string of the molecule is O=C(NCCCC(=O)N1CCN(CC2CC2)c2ccccc21)C1CC1. The highest BCUT2D eigenvalue weighted by molar-refractivity contribution is 5.97. The van der Waals surface area contributed by atoms with Gasteiger partial charge in [0.05, 0.1) is 11.4 Å². The summed E-state index contributed by atoms with van der Waals surface area (Å²) in [4.78, 5) is 28.7. The number of benzene rings is 1. The lowest BCUT2D eigenvalue weighted by Gasteiger charge is -2.38. The molecule has 2 fully saturated rings. The molecule has 3 aliphatic rings. The lowest BCUT2D eigenvalue weighted by molar-refractivity contribution is -0.123. The molecule has 1 heterocycles. The number of nitrogens with zero attached hydrogens (tertiary/aromatic N) is 2. The first-order valence-electron chi connectivity index (χ1n) is 9.64. The number of carbonyl (C=O) groups excluding carboxylic acids is 2. The molecule has 1 aromatic rings. The van der Waals surface area contributed by atoms with E-state index in [0.717, 1.165) is 44.1 Å². The molecule has 1 aromatic carbocycles. The largest absolute Gasteiger partial charge is 0.368 e. The normalized spacial score (nSPS) is 19.5. The molecule has 0 saturated heterocycles. The summed E-state index contributed by atoms with van der Waals surface area (Å²) < 4.78 is 0. The highest BCUT2D eigenvalue weighted by Crippen LogP contribution is 2.37. The maximum absolute atomic E-state index is 12.7. The Morgan fingerprint density at radius 2 is 1.80 bits per heavy atom. The molecule has 4 rings (SSSR count). The number of fused-ring (bicyclic) bond motifs is 1. The van der Waals surface area contributed by atoms with Crippen molar-refractivity contribution < 1.29 is 9.59 Å². The van der Waals surface area contributed by atoms with Crippen molar-refractivity contribution in [2.45, 2.75) is 38.5 Å². The predicted octanol–water partition coefficient (Wildman–Crippen LogP) is 2.56. The van der Waals surface area contributed by atoms with Crippen molar-refractivity contribution in [1.29, 1.82) is 0 Å². The maximum Gasteiger partial charge on any atom is 0.227 e. The second-order valence-corrected chi connectivity index (χ2v) is 7.59. The Hall–Kier alpha value is -2.04. The van der Waals surface area contributed by atoms with E-state index in [1.165, 1.54) is 18.5 Å². The van der Waals surface area contributed by atoms with Crippen LogP contribution >= 0.6 is 0 Å². The van der Waals surface area contributed by atoms with Gasteiger partial charge in [-0.15, -0.1) is 0 Å². The third-order valence-electron chi connectivity index (χ3n) is 5.40. The third kappa shape index (κ3) is 3.97. The molecule has 0 atom stereocenters. The summed E-state index contributed by atoms with van der Waals surface area (Å²) in [6.45, 7) is 3.39. The fourth-order valence-electron chi connectivity index (χ4n) is 3.56. The molecule has 5 heteroatoms. The average Bonchev–Trinajstić information content (AvgIpc) is 3.52. The molecule has 25 heavy (non-hydrogen) atoms. The fourth-order valence-corrected chi connectivity index (χ4v) is 3.56. The van der Waals surface area contributed by atoms with Gasteiger partial charge >= 0.3 is 0 Å². The van der Waals surface area contributed by atoms with Crippen LogP contribution in [0.2, 0.25) is 0 Å². The summed E-state index contributed by atoms with van der Waals surface area (Å²) in [6, 6.07) is 8.25. The van der Waals surface area contributed by atoms with Crippen LogP contribution in [0.1, 0.15) is 38.5 Å². The smallest absolute Gasteiger partial charge is 0.227 e. The maximum atomic E-state index is 12.7. The van der Waals surface area contributed by atoms with Gasteiger partial charge in [0.15, 0.2) is 0 Å². The van der Waals surface area contributed by atoms with Crippen molar-refractivity contribution in [2.24, 2.45) is 11.8 Å². The highest BCUT2D eigenvalue weighted by atomic mass is 16.2. The predicted molar refractivity (Wildman–Crippen MR) is 98.7 cm³/mol. The number of amides is 2. The van der Waals surface area contributed by atoms with E-state index in [4.69, 9.17) is 0 Å². The van der Waals surface area contributed by atoms with Gasteiger partial charge in [0.1, 0.15) is 0 Å². The van der Waals surface area contributed by atoms with E-state index in [0.29, 0.717) is 19.4 Å². The van der Waals surface area contributed by atoms with Gasteiger partial charge < -0.3 is 15.1 Å². The van der Waals surface area contributed by atoms with Crippen LogP contribution in [0.4, 0.5) is 11.4 Å². The van der Waals surface area contributed by atoms with Crippen LogP contribution in [0.25, 0.3) is 0 Å². The van der Waals surface area contributed by atoms with Crippen LogP contribution in [-0.4, -0.2) is 38.0 Å². The molecular formula is C20H27N3O2. The second kappa shape index (κ2) is 7.06. The van der Waals surface area contributed by atoms with Gasteiger partial charge in [0.25, 0.3) is 0 Å². The Kier molecular flexibility index (Phi) is 4.64. The molecular weight excluding hydrogens is 314 g/mol. The van der Waals surface area contributed by atoms with Gasteiger partial charge in [-0.2, -0.15) is 0 Å². The molecule has 1 aliphatic heterocycles. The lowest BCUT2D eigenvalue weighted by Crippen LogP contribution is -2.44. The lowest BCUT2D eigenvalue weighted by atomic mass is 10.1. The molecule has 0 radical (unpaired) electrons. The minimum Gasteiger partial charge on any atom is -0.368 e. The summed E-state index contributed by atoms with van der Waals surface area (Å²) in [6.07, 6.45) is 5.92. The van der Waals surface area contributed by atoms with E-state index >= 15 is 0 Å². The van der Waals surface area contributed by atoms with Gasteiger partial charge in [-0.3, -0.25) is 9.59 Å². The first-order valence-corrected chi connectivity index (χ1v) is 9.64. The average molecular weight is 341 g/mol. The molecule has 134 valence electrons. The Bertz CT molecular complexity index is 652. The van der Waals surface area contributed by atoms with Gasteiger partial charge in [-0.1, -0.05) is 12.1 Å². The molecule has 0 bridgehead atoms. The third-order valence-corrected chi connectivity index (χ3v) is 5.40. The van der Waals surface area contributed by atoms with Gasteiger partial charge in [-0.25, -0.2) is 0 Å². The van der Waals surface area contributed by atoms with Gasteiger partial charge in [0.2, 0.25) is 11.8 Å². The molecule has 5 nitrogen and oxygen atoms in total. The van der Waals surface area contributed by atoms with E-state index in [1.807, 2.05) is 11.0 Å². The van der Waals surface area contributed by atoms with Crippen molar-refractivity contribution in [3.8, 4) is 0 Å². The van der Waals surface area contributed by atoms with E-state index < -0.39 is 0 Å².